The fourth-order valence-electron chi connectivity index (χ4n) is 2.44. The molecule has 1 heterocycles. The van der Waals surface area contributed by atoms with E-state index in [0.717, 1.165) is 32.5 Å². The third-order valence-corrected chi connectivity index (χ3v) is 4.33. The van der Waals surface area contributed by atoms with Crippen LogP contribution in [0.1, 0.15) is 46.5 Å². The van der Waals surface area contributed by atoms with Crippen LogP contribution in [0, 0.1) is 5.41 Å². The SMILES string of the molecule is CSCCCCNC1CCN(C(=O)C(C)(C)C)CC1. The maximum atomic E-state index is 12.2. The van der Waals surface area contributed by atoms with Gasteiger partial charge in [-0.1, -0.05) is 20.8 Å². The highest BCUT2D eigenvalue weighted by Crippen LogP contribution is 2.20. The van der Waals surface area contributed by atoms with Gasteiger partial charge in [0.15, 0.2) is 0 Å². The van der Waals surface area contributed by atoms with Gasteiger partial charge >= 0.3 is 0 Å². The van der Waals surface area contributed by atoms with Crippen molar-refractivity contribution in [1.82, 2.24) is 10.2 Å². The maximum absolute atomic E-state index is 12.2. The molecule has 1 aliphatic heterocycles. The van der Waals surface area contributed by atoms with Gasteiger partial charge in [0, 0.05) is 24.5 Å². The lowest BCUT2D eigenvalue weighted by atomic mass is 9.93. The highest BCUT2D eigenvalue weighted by atomic mass is 32.2. The van der Waals surface area contributed by atoms with Crippen molar-refractivity contribution < 1.29 is 4.79 Å². The minimum atomic E-state index is -0.238. The van der Waals surface area contributed by atoms with Gasteiger partial charge in [0.1, 0.15) is 0 Å². The molecule has 0 saturated carbocycles. The molecule has 1 saturated heterocycles. The smallest absolute Gasteiger partial charge is 0.227 e. The number of hydrogen-bond donors (Lipinski definition) is 1. The van der Waals surface area contributed by atoms with E-state index in [4.69, 9.17) is 0 Å². The molecule has 1 rings (SSSR count). The first-order valence-electron chi connectivity index (χ1n) is 7.47. The van der Waals surface area contributed by atoms with Crippen LogP contribution in [-0.4, -0.2) is 48.5 Å². The van der Waals surface area contributed by atoms with Gasteiger partial charge in [-0.3, -0.25) is 4.79 Å². The molecule has 1 aliphatic rings. The minimum Gasteiger partial charge on any atom is -0.342 e. The summed E-state index contributed by atoms with van der Waals surface area (Å²) in [6.07, 6.45) is 6.93. The number of rotatable bonds is 6. The van der Waals surface area contributed by atoms with Crippen LogP contribution < -0.4 is 5.32 Å². The molecule has 0 aromatic heterocycles. The Balaban J connectivity index is 2.17. The van der Waals surface area contributed by atoms with E-state index in [9.17, 15) is 4.79 Å². The third kappa shape index (κ3) is 6.17. The van der Waals surface area contributed by atoms with Crippen molar-refractivity contribution in [3.8, 4) is 0 Å². The second-order valence-corrected chi connectivity index (χ2v) is 7.46. The van der Waals surface area contributed by atoms with Gasteiger partial charge in [-0.2, -0.15) is 11.8 Å². The summed E-state index contributed by atoms with van der Waals surface area (Å²) < 4.78 is 0. The summed E-state index contributed by atoms with van der Waals surface area (Å²) >= 11 is 1.92. The molecule has 0 aliphatic carbocycles. The molecule has 0 spiro atoms. The molecular formula is C15H30N2OS. The van der Waals surface area contributed by atoms with Gasteiger partial charge in [0.2, 0.25) is 5.91 Å². The monoisotopic (exact) mass is 286 g/mol. The molecule has 0 radical (unpaired) electrons. The zero-order valence-electron chi connectivity index (χ0n) is 13.0. The summed E-state index contributed by atoms with van der Waals surface area (Å²) in [5.74, 6) is 1.56. The summed E-state index contributed by atoms with van der Waals surface area (Å²) in [7, 11) is 0. The topological polar surface area (TPSA) is 32.3 Å². The van der Waals surface area contributed by atoms with Gasteiger partial charge < -0.3 is 10.2 Å². The third-order valence-electron chi connectivity index (χ3n) is 3.63. The van der Waals surface area contributed by atoms with E-state index in [1.165, 1.54) is 18.6 Å². The molecule has 1 N–H and O–H groups in total. The minimum absolute atomic E-state index is 0.238. The van der Waals surface area contributed by atoms with Crippen LogP contribution >= 0.6 is 11.8 Å². The second kappa shape index (κ2) is 8.15. The van der Waals surface area contributed by atoms with Gasteiger partial charge in [0.25, 0.3) is 0 Å². The van der Waals surface area contributed by atoms with E-state index in [1.54, 1.807) is 0 Å². The Hall–Kier alpha value is -0.220. The molecular weight excluding hydrogens is 256 g/mol. The molecule has 3 nitrogen and oxygen atoms in total. The van der Waals surface area contributed by atoms with E-state index in [-0.39, 0.29) is 5.41 Å². The molecule has 0 aromatic carbocycles. The summed E-state index contributed by atoms with van der Waals surface area (Å²) in [5, 5.41) is 3.63. The first kappa shape index (κ1) is 16.8. The van der Waals surface area contributed by atoms with Crippen LogP contribution in [0.15, 0.2) is 0 Å². The summed E-state index contributed by atoms with van der Waals surface area (Å²) in [6.45, 7) is 8.97. The fourth-order valence-corrected chi connectivity index (χ4v) is 2.93. The predicted octanol–water partition coefficient (Wildman–Crippen LogP) is 2.76. The van der Waals surface area contributed by atoms with Crippen molar-refractivity contribution in [3.63, 3.8) is 0 Å². The quantitative estimate of drug-likeness (QED) is 0.762. The van der Waals surface area contributed by atoms with E-state index in [0.29, 0.717) is 11.9 Å². The first-order valence-corrected chi connectivity index (χ1v) is 8.86. The number of carbonyl (C=O) groups excluding carboxylic acids is 1. The Bertz CT molecular complexity index is 268. The number of thioether (sulfide) groups is 1. The van der Waals surface area contributed by atoms with Crippen LogP contribution in [-0.2, 0) is 4.79 Å². The first-order chi connectivity index (χ1) is 8.95. The number of unbranched alkanes of at least 4 members (excludes halogenated alkanes) is 1. The number of likely N-dealkylation sites (tertiary alicyclic amines) is 1. The zero-order chi connectivity index (χ0) is 14.3. The largest absolute Gasteiger partial charge is 0.342 e. The highest BCUT2D eigenvalue weighted by molar-refractivity contribution is 7.98. The second-order valence-electron chi connectivity index (χ2n) is 6.47. The van der Waals surface area contributed by atoms with E-state index < -0.39 is 0 Å². The number of piperidine rings is 1. The number of amides is 1. The zero-order valence-corrected chi connectivity index (χ0v) is 13.8. The Morgan fingerprint density at radius 1 is 1.26 bits per heavy atom. The number of nitrogens with zero attached hydrogens (tertiary/aromatic N) is 1. The lowest BCUT2D eigenvalue weighted by Gasteiger charge is -2.36. The van der Waals surface area contributed by atoms with Gasteiger partial charge in [0.05, 0.1) is 0 Å². The molecule has 1 fully saturated rings. The Labute approximate surface area is 122 Å². The van der Waals surface area contributed by atoms with Crippen LogP contribution in [0.2, 0.25) is 0 Å². The van der Waals surface area contributed by atoms with E-state index >= 15 is 0 Å². The van der Waals surface area contributed by atoms with Gasteiger partial charge in [-0.15, -0.1) is 0 Å². The molecule has 4 heteroatoms. The Kier molecular flexibility index (Phi) is 7.22. The highest BCUT2D eigenvalue weighted by Gasteiger charge is 2.29. The maximum Gasteiger partial charge on any atom is 0.227 e. The molecule has 0 aromatic rings. The predicted molar refractivity (Wildman–Crippen MR) is 84.7 cm³/mol. The summed E-state index contributed by atoms with van der Waals surface area (Å²) in [6, 6.07) is 0.610. The number of nitrogens with one attached hydrogen (secondary N) is 1. The van der Waals surface area contributed by atoms with Crippen molar-refractivity contribution in [1.29, 1.82) is 0 Å². The molecule has 19 heavy (non-hydrogen) atoms. The fraction of sp³-hybridized carbons (Fsp3) is 0.933. The average molecular weight is 286 g/mol. The Morgan fingerprint density at radius 2 is 1.89 bits per heavy atom. The Morgan fingerprint density at radius 3 is 2.42 bits per heavy atom. The van der Waals surface area contributed by atoms with Crippen molar-refractivity contribution in [3.05, 3.63) is 0 Å². The lowest BCUT2D eigenvalue weighted by Crippen LogP contribution is -2.48. The van der Waals surface area contributed by atoms with E-state index in [2.05, 4.69) is 11.6 Å². The standard InChI is InChI=1S/C15H30N2OS/c1-15(2,3)14(18)17-10-7-13(8-11-17)16-9-5-6-12-19-4/h13,16H,5-12H2,1-4H3. The number of hydrogen-bond acceptors (Lipinski definition) is 3. The summed E-state index contributed by atoms with van der Waals surface area (Å²) in [5.41, 5.74) is -0.238. The van der Waals surface area contributed by atoms with Crippen LogP contribution in [0.25, 0.3) is 0 Å². The summed E-state index contributed by atoms with van der Waals surface area (Å²) in [4.78, 5) is 14.2. The van der Waals surface area contributed by atoms with Gasteiger partial charge in [-0.05, 0) is 44.2 Å². The average Bonchev–Trinajstić information content (AvgIpc) is 2.37. The van der Waals surface area contributed by atoms with Crippen molar-refractivity contribution in [2.75, 3.05) is 31.6 Å². The van der Waals surface area contributed by atoms with Crippen molar-refractivity contribution >= 4 is 17.7 Å². The van der Waals surface area contributed by atoms with Crippen molar-refractivity contribution in [2.24, 2.45) is 5.41 Å². The molecule has 0 unspecified atom stereocenters. The van der Waals surface area contributed by atoms with Gasteiger partial charge in [-0.25, -0.2) is 0 Å². The van der Waals surface area contributed by atoms with Crippen LogP contribution in [0.5, 0.6) is 0 Å². The van der Waals surface area contributed by atoms with Crippen LogP contribution in [0.3, 0.4) is 0 Å². The molecule has 0 atom stereocenters. The normalized spacial score (nSPS) is 17.8. The molecule has 0 bridgehead atoms. The lowest BCUT2D eigenvalue weighted by molar-refractivity contribution is -0.140. The van der Waals surface area contributed by atoms with Crippen LogP contribution in [0.4, 0.5) is 0 Å². The number of carbonyl (C=O) groups is 1. The molecule has 1 amide bonds. The molecule has 112 valence electrons. The van der Waals surface area contributed by atoms with E-state index in [1.807, 2.05) is 37.4 Å². The van der Waals surface area contributed by atoms with Crippen molar-refractivity contribution in [2.45, 2.75) is 52.5 Å².